The molecule has 0 N–H and O–H groups in total. The molecule has 0 aliphatic rings. The van der Waals surface area contributed by atoms with E-state index in [9.17, 15) is 13.2 Å². The third-order valence-corrected chi connectivity index (χ3v) is 6.90. The van der Waals surface area contributed by atoms with Gasteiger partial charge in [0, 0.05) is 43.7 Å². The summed E-state index contributed by atoms with van der Waals surface area (Å²) in [6, 6.07) is 9.38. The highest BCUT2D eigenvalue weighted by Gasteiger charge is 2.30. The first-order chi connectivity index (χ1) is 13.7. The molecular weight excluding hydrogens is 414 g/mol. The van der Waals surface area contributed by atoms with Gasteiger partial charge in [0.2, 0.25) is 15.9 Å². The first-order valence-corrected chi connectivity index (χ1v) is 11.1. The van der Waals surface area contributed by atoms with Gasteiger partial charge in [-0.2, -0.15) is 4.31 Å². The van der Waals surface area contributed by atoms with Gasteiger partial charge in [-0.15, -0.1) is 0 Å². The van der Waals surface area contributed by atoms with Crippen molar-refractivity contribution in [3.63, 3.8) is 0 Å². The summed E-state index contributed by atoms with van der Waals surface area (Å²) in [6.45, 7) is 4.35. The van der Waals surface area contributed by atoms with E-state index in [-0.39, 0.29) is 23.4 Å². The number of halogens is 1. The number of amides is 1. The average Bonchev–Trinajstić information content (AvgIpc) is 3.07. The van der Waals surface area contributed by atoms with E-state index < -0.39 is 10.0 Å². The van der Waals surface area contributed by atoms with Gasteiger partial charge in [-0.3, -0.25) is 4.79 Å². The number of sulfonamides is 1. The van der Waals surface area contributed by atoms with E-state index in [0.717, 1.165) is 5.69 Å². The third kappa shape index (κ3) is 6.05. The second-order valence-electron chi connectivity index (χ2n) is 7.02. The number of aromatic nitrogens is 1. The molecule has 0 spiro atoms. The van der Waals surface area contributed by atoms with Crippen LogP contribution in [-0.4, -0.2) is 60.9 Å². The van der Waals surface area contributed by atoms with Crippen LogP contribution >= 0.6 is 11.6 Å². The molecule has 0 fully saturated rings. The van der Waals surface area contributed by atoms with Crippen molar-refractivity contribution in [3.8, 4) is 0 Å². The van der Waals surface area contributed by atoms with Crippen LogP contribution in [0.2, 0.25) is 5.02 Å². The highest BCUT2D eigenvalue weighted by molar-refractivity contribution is 7.89. The first kappa shape index (κ1) is 23.4. The number of nitrogens with zero attached hydrogens (tertiary/aromatic N) is 3. The molecule has 0 unspecified atom stereocenters. The van der Waals surface area contributed by atoms with Crippen LogP contribution < -0.4 is 0 Å². The van der Waals surface area contributed by atoms with Crippen molar-refractivity contribution in [2.45, 2.75) is 31.3 Å². The quantitative estimate of drug-likeness (QED) is 0.568. The lowest BCUT2D eigenvalue weighted by Gasteiger charge is -2.29. The van der Waals surface area contributed by atoms with E-state index in [1.54, 1.807) is 25.9 Å². The summed E-state index contributed by atoms with van der Waals surface area (Å²) in [5.41, 5.74) is 0.950. The summed E-state index contributed by atoms with van der Waals surface area (Å²) >= 11 is 5.88. The molecule has 0 aliphatic heterocycles. The van der Waals surface area contributed by atoms with Crippen LogP contribution in [0.15, 0.2) is 47.5 Å². The topological polar surface area (TPSA) is 71.8 Å². The number of ether oxygens (including phenoxy) is 1. The van der Waals surface area contributed by atoms with Gasteiger partial charge in [-0.25, -0.2) is 8.42 Å². The molecule has 1 aromatic heterocycles. The molecule has 0 atom stereocenters. The molecule has 1 heterocycles. The predicted molar refractivity (Wildman–Crippen MR) is 113 cm³/mol. The number of carbonyl (C=O) groups excluding carboxylic acids is 1. The van der Waals surface area contributed by atoms with Gasteiger partial charge in [-0.1, -0.05) is 11.6 Å². The van der Waals surface area contributed by atoms with Gasteiger partial charge in [0.1, 0.15) is 0 Å². The largest absolute Gasteiger partial charge is 0.383 e. The van der Waals surface area contributed by atoms with Gasteiger partial charge in [0.05, 0.1) is 24.6 Å². The molecule has 0 aliphatic carbocycles. The normalized spacial score (nSPS) is 12.0. The third-order valence-electron chi connectivity index (χ3n) is 4.61. The summed E-state index contributed by atoms with van der Waals surface area (Å²) in [5.74, 6) is -0.283. The molecule has 160 valence electrons. The van der Waals surface area contributed by atoms with Crippen LogP contribution in [0.3, 0.4) is 0 Å². The van der Waals surface area contributed by atoms with Crippen molar-refractivity contribution in [2.24, 2.45) is 7.05 Å². The fourth-order valence-electron chi connectivity index (χ4n) is 2.87. The molecule has 0 saturated heterocycles. The minimum Gasteiger partial charge on any atom is -0.383 e. The first-order valence-electron chi connectivity index (χ1n) is 9.31. The predicted octanol–water partition coefficient (Wildman–Crippen LogP) is 2.75. The number of benzene rings is 1. The molecule has 0 saturated carbocycles. The summed E-state index contributed by atoms with van der Waals surface area (Å²) in [7, 11) is -0.377. The Kier molecular flexibility index (Phi) is 8.27. The number of carbonyl (C=O) groups is 1. The second kappa shape index (κ2) is 10.2. The fourth-order valence-corrected chi connectivity index (χ4v) is 4.58. The van der Waals surface area contributed by atoms with Crippen LogP contribution in [-0.2, 0) is 33.1 Å². The maximum atomic E-state index is 13.1. The number of hydrogen-bond donors (Lipinski definition) is 0. The van der Waals surface area contributed by atoms with Crippen LogP contribution in [0.4, 0.5) is 0 Å². The zero-order chi connectivity index (χ0) is 21.6. The Bertz CT molecular complexity index is 910. The van der Waals surface area contributed by atoms with Crippen LogP contribution in [0, 0.1) is 0 Å². The SMILES string of the molecule is COCCN(Cc1cccn1C)C(=O)CN(C(C)C)S(=O)(=O)c1ccc(Cl)cc1. The maximum absolute atomic E-state index is 13.1. The molecule has 29 heavy (non-hydrogen) atoms. The Morgan fingerprint density at radius 1 is 1.21 bits per heavy atom. The van der Waals surface area contributed by atoms with Gasteiger partial charge < -0.3 is 14.2 Å². The summed E-state index contributed by atoms with van der Waals surface area (Å²) in [6.07, 6.45) is 1.90. The van der Waals surface area contributed by atoms with Crippen molar-refractivity contribution < 1.29 is 17.9 Å². The Morgan fingerprint density at radius 3 is 2.38 bits per heavy atom. The van der Waals surface area contributed by atoms with Crippen LogP contribution in [0.25, 0.3) is 0 Å². The zero-order valence-electron chi connectivity index (χ0n) is 17.2. The maximum Gasteiger partial charge on any atom is 0.243 e. The van der Waals surface area contributed by atoms with Gasteiger partial charge >= 0.3 is 0 Å². The van der Waals surface area contributed by atoms with E-state index in [4.69, 9.17) is 16.3 Å². The second-order valence-corrected chi connectivity index (χ2v) is 9.34. The minimum atomic E-state index is -3.85. The zero-order valence-corrected chi connectivity index (χ0v) is 18.8. The summed E-state index contributed by atoms with van der Waals surface area (Å²) < 4.78 is 34.5. The number of methoxy groups -OCH3 is 1. The van der Waals surface area contributed by atoms with Crippen LogP contribution in [0.1, 0.15) is 19.5 Å². The van der Waals surface area contributed by atoms with E-state index in [1.807, 2.05) is 29.9 Å². The molecule has 0 radical (unpaired) electrons. The average molecular weight is 442 g/mol. The molecule has 2 aromatic rings. The lowest BCUT2D eigenvalue weighted by atomic mass is 10.3. The van der Waals surface area contributed by atoms with Crippen molar-refractivity contribution in [1.82, 2.24) is 13.8 Å². The Morgan fingerprint density at radius 2 is 1.86 bits per heavy atom. The number of rotatable bonds is 10. The Balaban J connectivity index is 2.25. The highest BCUT2D eigenvalue weighted by Crippen LogP contribution is 2.21. The molecule has 2 rings (SSSR count). The molecule has 1 amide bonds. The lowest BCUT2D eigenvalue weighted by molar-refractivity contribution is -0.133. The van der Waals surface area contributed by atoms with E-state index in [2.05, 4.69) is 0 Å². The van der Waals surface area contributed by atoms with Crippen LogP contribution in [0.5, 0.6) is 0 Å². The highest BCUT2D eigenvalue weighted by atomic mass is 35.5. The van der Waals surface area contributed by atoms with Gasteiger partial charge in [0.25, 0.3) is 0 Å². The van der Waals surface area contributed by atoms with Gasteiger partial charge in [-0.05, 0) is 50.2 Å². The molecule has 9 heteroatoms. The van der Waals surface area contributed by atoms with Crippen molar-refractivity contribution in [3.05, 3.63) is 53.3 Å². The number of aryl methyl sites for hydroxylation is 1. The van der Waals surface area contributed by atoms with E-state index >= 15 is 0 Å². The Hall–Kier alpha value is -1.87. The smallest absolute Gasteiger partial charge is 0.243 e. The number of hydrogen-bond acceptors (Lipinski definition) is 4. The van der Waals surface area contributed by atoms with Crippen molar-refractivity contribution >= 4 is 27.5 Å². The van der Waals surface area contributed by atoms with Gasteiger partial charge in [0.15, 0.2) is 0 Å². The lowest BCUT2D eigenvalue weighted by Crippen LogP contribution is -2.46. The summed E-state index contributed by atoms with van der Waals surface area (Å²) in [5, 5.41) is 0.449. The molecule has 0 bridgehead atoms. The van der Waals surface area contributed by atoms with E-state index in [1.165, 1.54) is 28.6 Å². The monoisotopic (exact) mass is 441 g/mol. The Labute approximate surface area is 177 Å². The summed E-state index contributed by atoms with van der Waals surface area (Å²) in [4.78, 5) is 14.8. The van der Waals surface area contributed by atoms with E-state index in [0.29, 0.717) is 24.7 Å². The standard InChI is InChI=1S/C20H28ClN3O4S/c1-16(2)24(29(26,27)19-9-7-17(21)8-10-19)15-20(25)23(12-13-28-4)14-18-6-5-11-22(18)3/h5-11,16H,12-15H2,1-4H3. The molecular formula is C20H28ClN3O4S. The fraction of sp³-hybridized carbons (Fsp3) is 0.450. The van der Waals surface area contributed by atoms with Crippen molar-refractivity contribution in [2.75, 3.05) is 26.8 Å². The minimum absolute atomic E-state index is 0.106. The van der Waals surface area contributed by atoms with Crippen molar-refractivity contribution in [1.29, 1.82) is 0 Å². The molecule has 7 nitrogen and oxygen atoms in total. The molecule has 1 aromatic carbocycles.